The Kier molecular flexibility index (Phi) is 6.20. The molecule has 0 fully saturated rings. The van der Waals surface area contributed by atoms with Crippen molar-refractivity contribution in [2.45, 2.75) is 45.5 Å². The van der Waals surface area contributed by atoms with Gasteiger partial charge in [-0.2, -0.15) is 13.2 Å². The van der Waals surface area contributed by atoms with Gasteiger partial charge in [0, 0.05) is 19.0 Å². The highest BCUT2D eigenvalue weighted by Crippen LogP contribution is 2.29. The predicted molar refractivity (Wildman–Crippen MR) is 73.9 cm³/mol. The lowest BCUT2D eigenvalue weighted by molar-refractivity contribution is -0.138. The van der Waals surface area contributed by atoms with Crippen molar-refractivity contribution in [1.82, 2.24) is 4.90 Å². The van der Waals surface area contributed by atoms with Crippen LogP contribution in [0.5, 0.6) is 0 Å². The highest BCUT2D eigenvalue weighted by atomic mass is 19.4. The van der Waals surface area contributed by atoms with Crippen LogP contribution in [0.15, 0.2) is 24.3 Å². The van der Waals surface area contributed by atoms with E-state index in [0.29, 0.717) is 25.1 Å². The monoisotopic (exact) mass is 303 g/mol. The van der Waals surface area contributed by atoms with Crippen molar-refractivity contribution >= 4 is 5.97 Å². The van der Waals surface area contributed by atoms with Crippen molar-refractivity contribution in [3.8, 4) is 0 Å². The zero-order chi connectivity index (χ0) is 16.0. The van der Waals surface area contributed by atoms with Crippen molar-refractivity contribution in [2.75, 3.05) is 6.54 Å². The first-order valence-corrected chi connectivity index (χ1v) is 6.82. The standard InChI is InChI=1S/C15H20F3NO2/c1-11(2)19(8-4-7-14(20)21)10-12-5-3-6-13(9-12)15(16,17)18/h3,5-6,9,11H,4,7-8,10H2,1-2H3,(H,20,21). The zero-order valence-electron chi connectivity index (χ0n) is 12.2. The van der Waals surface area contributed by atoms with Gasteiger partial charge in [0.2, 0.25) is 0 Å². The smallest absolute Gasteiger partial charge is 0.416 e. The van der Waals surface area contributed by atoms with Gasteiger partial charge < -0.3 is 5.11 Å². The number of aliphatic carboxylic acids is 1. The van der Waals surface area contributed by atoms with E-state index in [4.69, 9.17) is 5.11 Å². The van der Waals surface area contributed by atoms with Crippen LogP contribution in [-0.4, -0.2) is 28.6 Å². The van der Waals surface area contributed by atoms with Crippen molar-refractivity contribution in [3.05, 3.63) is 35.4 Å². The number of hydrogen-bond acceptors (Lipinski definition) is 2. The summed E-state index contributed by atoms with van der Waals surface area (Å²) in [6.07, 6.45) is -3.81. The SMILES string of the molecule is CC(C)N(CCCC(=O)O)Cc1cccc(C(F)(F)F)c1. The van der Waals surface area contributed by atoms with Crippen molar-refractivity contribution in [2.24, 2.45) is 0 Å². The van der Waals surface area contributed by atoms with E-state index in [1.165, 1.54) is 6.07 Å². The van der Waals surface area contributed by atoms with Crippen LogP contribution in [0.2, 0.25) is 0 Å². The molecule has 0 bridgehead atoms. The average Bonchev–Trinajstić information content (AvgIpc) is 2.36. The van der Waals surface area contributed by atoms with Crippen LogP contribution in [0.3, 0.4) is 0 Å². The quantitative estimate of drug-likeness (QED) is 0.833. The Morgan fingerprint density at radius 1 is 1.33 bits per heavy atom. The van der Waals surface area contributed by atoms with E-state index in [0.717, 1.165) is 12.1 Å². The first-order valence-electron chi connectivity index (χ1n) is 6.82. The molecule has 0 aromatic heterocycles. The third kappa shape index (κ3) is 6.16. The van der Waals surface area contributed by atoms with Crippen LogP contribution >= 0.6 is 0 Å². The Morgan fingerprint density at radius 3 is 2.52 bits per heavy atom. The van der Waals surface area contributed by atoms with Gasteiger partial charge in [0.05, 0.1) is 5.56 Å². The minimum absolute atomic E-state index is 0.0613. The molecule has 0 saturated carbocycles. The maximum Gasteiger partial charge on any atom is 0.416 e. The Bertz CT molecular complexity index is 472. The van der Waals surface area contributed by atoms with Crippen LogP contribution < -0.4 is 0 Å². The van der Waals surface area contributed by atoms with Gasteiger partial charge in [-0.1, -0.05) is 18.2 Å². The highest BCUT2D eigenvalue weighted by Gasteiger charge is 2.30. The summed E-state index contributed by atoms with van der Waals surface area (Å²) in [5, 5.41) is 8.64. The molecule has 0 heterocycles. The molecule has 0 unspecified atom stereocenters. The summed E-state index contributed by atoms with van der Waals surface area (Å²) < 4.78 is 38.0. The molecule has 1 aromatic rings. The molecule has 21 heavy (non-hydrogen) atoms. The molecule has 1 aromatic carbocycles. The molecule has 0 radical (unpaired) electrons. The minimum atomic E-state index is -4.35. The summed E-state index contributed by atoms with van der Waals surface area (Å²) >= 11 is 0. The summed E-state index contributed by atoms with van der Waals surface area (Å²) in [5.74, 6) is -0.863. The number of halogens is 3. The van der Waals surface area contributed by atoms with Crippen LogP contribution in [0.1, 0.15) is 37.8 Å². The lowest BCUT2D eigenvalue weighted by Crippen LogP contribution is -2.31. The highest BCUT2D eigenvalue weighted by molar-refractivity contribution is 5.66. The van der Waals surface area contributed by atoms with Gasteiger partial charge in [-0.3, -0.25) is 9.69 Å². The van der Waals surface area contributed by atoms with Gasteiger partial charge in [0.1, 0.15) is 0 Å². The second-order valence-corrected chi connectivity index (χ2v) is 5.26. The number of hydrogen-bond donors (Lipinski definition) is 1. The van der Waals surface area contributed by atoms with Gasteiger partial charge in [-0.15, -0.1) is 0 Å². The zero-order valence-corrected chi connectivity index (χ0v) is 12.2. The van der Waals surface area contributed by atoms with Gasteiger partial charge in [-0.05, 0) is 38.4 Å². The van der Waals surface area contributed by atoms with E-state index in [1.54, 1.807) is 6.07 Å². The first kappa shape index (κ1) is 17.5. The summed E-state index contributed by atoms with van der Waals surface area (Å²) in [7, 11) is 0. The topological polar surface area (TPSA) is 40.5 Å². The molecule has 0 amide bonds. The molecule has 0 saturated heterocycles. The Labute approximate surface area is 122 Å². The van der Waals surface area contributed by atoms with Crippen LogP contribution in [0, 0.1) is 0 Å². The molecular formula is C15H20F3NO2. The molecule has 0 atom stereocenters. The van der Waals surface area contributed by atoms with E-state index in [2.05, 4.69) is 0 Å². The maximum absolute atomic E-state index is 12.7. The molecule has 3 nitrogen and oxygen atoms in total. The number of benzene rings is 1. The predicted octanol–water partition coefficient (Wildman–Crippen LogP) is 3.78. The van der Waals surface area contributed by atoms with Gasteiger partial charge in [0.25, 0.3) is 0 Å². The van der Waals surface area contributed by atoms with Crippen molar-refractivity contribution in [1.29, 1.82) is 0 Å². The minimum Gasteiger partial charge on any atom is -0.481 e. The fourth-order valence-corrected chi connectivity index (χ4v) is 2.03. The molecule has 0 aliphatic carbocycles. The molecule has 0 aliphatic heterocycles. The molecular weight excluding hydrogens is 283 g/mol. The molecule has 1 rings (SSSR count). The van der Waals surface area contributed by atoms with Crippen molar-refractivity contribution in [3.63, 3.8) is 0 Å². The lowest BCUT2D eigenvalue weighted by atomic mass is 10.1. The Balaban J connectivity index is 2.73. The summed E-state index contributed by atoms with van der Waals surface area (Å²) in [4.78, 5) is 12.5. The average molecular weight is 303 g/mol. The number of carboxylic acids is 1. The molecule has 6 heteroatoms. The van der Waals surface area contributed by atoms with E-state index >= 15 is 0 Å². The second kappa shape index (κ2) is 7.45. The van der Waals surface area contributed by atoms with Gasteiger partial charge >= 0.3 is 12.1 Å². The van der Waals surface area contributed by atoms with E-state index in [1.807, 2.05) is 18.7 Å². The number of carboxylic acid groups (broad SMARTS) is 1. The van der Waals surface area contributed by atoms with E-state index < -0.39 is 17.7 Å². The fraction of sp³-hybridized carbons (Fsp3) is 0.533. The van der Waals surface area contributed by atoms with Gasteiger partial charge in [-0.25, -0.2) is 0 Å². The number of carbonyl (C=O) groups is 1. The Morgan fingerprint density at radius 2 is 2.00 bits per heavy atom. The number of rotatable bonds is 7. The summed E-state index contributed by atoms with van der Waals surface area (Å²) in [6.45, 7) is 4.80. The van der Waals surface area contributed by atoms with E-state index in [-0.39, 0.29) is 12.5 Å². The largest absolute Gasteiger partial charge is 0.481 e. The third-order valence-corrected chi connectivity index (χ3v) is 3.21. The van der Waals surface area contributed by atoms with E-state index in [9.17, 15) is 18.0 Å². The molecule has 1 N–H and O–H groups in total. The summed E-state index contributed by atoms with van der Waals surface area (Å²) in [6, 6.07) is 5.38. The molecule has 0 spiro atoms. The second-order valence-electron chi connectivity index (χ2n) is 5.26. The van der Waals surface area contributed by atoms with Crippen LogP contribution in [0.25, 0.3) is 0 Å². The molecule has 118 valence electrons. The molecule has 0 aliphatic rings. The number of alkyl halides is 3. The van der Waals surface area contributed by atoms with Gasteiger partial charge in [0.15, 0.2) is 0 Å². The van der Waals surface area contributed by atoms with Crippen LogP contribution in [0.4, 0.5) is 13.2 Å². The fourth-order valence-electron chi connectivity index (χ4n) is 2.03. The summed E-state index contributed by atoms with van der Waals surface area (Å²) in [5.41, 5.74) is -0.0805. The lowest BCUT2D eigenvalue weighted by Gasteiger charge is -2.26. The third-order valence-electron chi connectivity index (χ3n) is 3.21. The first-order chi connectivity index (χ1) is 9.70. The maximum atomic E-state index is 12.7. The normalized spacial score (nSPS) is 12.1. The van der Waals surface area contributed by atoms with Crippen LogP contribution in [-0.2, 0) is 17.5 Å². The van der Waals surface area contributed by atoms with Crippen molar-refractivity contribution < 1.29 is 23.1 Å². The Hall–Kier alpha value is -1.56. The number of nitrogens with zero attached hydrogens (tertiary/aromatic N) is 1.